The van der Waals surface area contributed by atoms with Gasteiger partial charge in [-0.05, 0) is 6.92 Å². The zero-order valence-corrected chi connectivity index (χ0v) is 15.3. The molecule has 1 amide bonds. The third kappa shape index (κ3) is 4.31. The van der Waals surface area contributed by atoms with Gasteiger partial charge in [-0.2, -0.15) is 0 Å². The molecule has 2 fully saturated rings. The lowest BCUT2D eigenvalue weighted by Gasteiger charge is -2.40. The van der Waals surface area contributed by atoms with E-state index < -0.39 is 56.8 Å². The van der Waals surface area contributed by atoms with Crippen LogP contribution in [0.15, 0.2) is 17.3 Å². The number of ether oxygens (including phenoxy) is 1. The van der Waals surface area contributed by atoms with E-state index in [9.17, 15) is 24.5 Å². The number of carbonyl (C=O) groups is 1. The Morgan fingerprint density at radius 3 is 2.85 bits per heavy atom. The lowest BCUT2D eigenvalue weighted by molar-refractivity contribution is -0.262. The van der Waals surface area contributed by atoms with Crippen molar-refractivity contribution in [2.45, 2.75) is 49.8 Å². The number of aliphatic hydroxyl groups is 2. The third-order valence-electron chi connectivity index (χ3n) is 4.33. The smallest absolute Gasteiger partial charge is 0.373 e. The summed E-state index contributed by atoms with van der Waals surface area (Å²) in [5.74, 6) is -3.60. The third-order valence-corrected chi connectivity index (χ3v) is 5.30. The van der Waals surface area contributed by atoms with E-state index in [1.165, 1.54) is 0 Å². The number of rotatable bonds is 0. The predicted octanol–water partition coefficient (Wildman–Crippen LogP) is -2.85. The van der Waals surface area contributed by atoms with E-state index in [0.29, 0.717) is 0 Å². The van der Waals surface area contributed by atoms with Crippen molar-refractivity contribution in [3.8, 4) is 0 Å². The molecular weight excluding hydrogens is 385 g/mol. The number of aliphatic imine (C=N–C) groups is 1. The van der Waals surface area contributed by atoms with Crippen LogP contribution in [0.25, 0.3) is 0 Å². The zero-order chi connectivity index (χ0) is 20.0. The van der Waals surface area contributed by atoms with E-state index in [1.807, 2.05) is 0 Å². The summed E-state index contributed by atoms with van der Waals surface area (Å²) in [4.78, 5) is 25.7. The van der Waals surface area contributed by atoms with Crippen LogP contribution in [0.1, 0.15) is 13.3 Å². The molecule has 6 atom stereocenters. The molecule has 3 heterocycles. The molecule has 0 aromatic rings. The van der Waals surface area contributed by atoms with E-state index in [2.05, 4.69) is 27.5 Å². The SMILES string of the molecule is C=C1N[C@@H]2C[C@H](NC(C)/N=C(/N)NC1=O)O[C@@H]1COP(=O)(O)O[C@@H]1C2(O)O. The Kier molecular flexibility index (Phi) is 5.31. The second-order valence-electron chi connectivity index (χ2n) is 6.46. The quantitative estimate of drug-likeness (QED) is 0.124. The lowest BCUT2D eigenvalue weighted by atomic mass is 9.95. The van der Waals surface area contributed by atoms with E-state index in [0.717, 1.165) is 0 Å². The molecule has 2 saturated heterocycles. The highest BCUT2D eigenvalue weighted by Gasteiger charge is 2.57. The number of nitrogens with two attached hydrogens (primary N) is 1. The maximum atomic E-state index is 12.1. The molecule has 3 aliphatic heterocycles. The Balaban J connectivity index is 1.98. The van der Waals surface area contributed by atoms with Crippen LogP contribution in [0.4, 0.5) is 0 Å². The lowest BCUT2D eigenvalue weighted by Crippen LogP contribution is -2.62. The van der Waals surface area contributed by atoms with Crippen molar-refractivity contribution in [2.75, 3.05) is 6.61 Å². The molecule has 0 aliphatic carbocycles. The van der Waals surface area contributed by atoms with Crippen LogP contribution in [0.3, 0.4) is 0 Å². The van der Waals surface area contributed by atoms with Gasteiger partial charge in [0.2, 0.25) is 5.79 Å². The number of carbonyl (C=O) groups excluding carboxylic acids is 1. The molecule has 2 bridgehead atoms. The number of phosphoric acid groups is 1. The van der Waals surface area contributed by atoms with Crippen LogP contribution in [0.5, 0.6) is 0 Å². The first-order valence-corrected chi connectivity index (χ1v) is 9.59. The normalized spacial score (nSPS) is 44.4. The number of nitrogens with one attached hydrogen (secondary N) is 3. The van der Waals surface area contributed by atoms with Crippen molar-refractivity contribution < 1.29 is 38.3 Å². The molecule has 0 aromatic heterocycles. The summed E-state index contributed by atoms with van der Waals surface area (Å²) in [5, 5.41) is 29.3. The standard InChI is InChI=1S/C13H22N5O8P/c1-5-11(19)18-12(14)17-6(2)16-9-3-8(15-5)13(20,21)10-7(25-9)4-24-27(22,23)26-10/h6-10,15-16,20-21H,1,3-4H2,2H3,(H,22,23)(H3,14,17,18,19)/t6?,7-,8-,9-,10+/m1/s1. The average Bonchev–Trinajstić information content (AvgIpc) is 2.63. The molecule has 3 aliphatic rings. The number of guanidine groups is 1. The van der Waals surface area contributed by atoms with Crippen LogP contribution in [0, 0.1) is 0 Å². The number of amides is 1. The topological polar surface area (TPSA) is 197 Å². The van der Waals surface area contributed by atoms with Gasteiger partial charge in [0, 0.05) is 6.42 Å². The summed E-state index contributed by atoms with van der Waals surface area (Å²) < 4.78 is 27.1. The maximum Gasteiger partial charge on any atom is 0.472 e. The van der Waals surface area contributed by atoms with Crippen LogP contribution < -0.4 is 21.7 Å². The Morgan fingerprint density at radius 2 is 2.15 bits per heavy atom. The van der Waals surface area contributed by atoms with Gasteiger partial charge >= 0.3 is 7.82 Å². The van der Waals surface area contributed by atoms with Crippen LogP contribution in [-0.4, -0.2) is 70.0 Å². The minimum absolute atomic E-state index is 0.0782. The monoisotopic (exact) mass is 407 g/mol. The molecule has 2 unspecified atom stereocenters. The number of fused-ring (bicyclic) bond motifs is 3. The summed E-state index contributed by atoms with van der Waals surface area (Å²) in [5.41, 5.74) is 5.42. The molecule has 152 valence electrons. The fourth-order valence-electron chi connectivity index (χ4n) is 3.10. The number of phosphoric ester groups is 1. The van der Waals surface area contributed by atoms with E-state index >= 15 is 0 Å². The van der Waals surface area contributed by atoms with Crippen LogP contribution in [-0.2, 0) is 23.1 Å². The molecule has 0 radical (unpaired) electrons. The van der Waals surface area contributed by atoms with Gasteiger partial charge in [0.15, 0.2) is 12.1 Å². The molecular formula is C13H22N5O8P. The van der Waals surface area contributed by atoms with Crippen molar-refractivity contribution in [1.29, 1.82) is 0 Å². The highest BCUT2D eigenvalue weighted by atomic mass is 31.2. The second-order valence-corrected chi connectivity index (χ2v) is 7.86. The molecule has 0 spiro atoms. The summed E-state index contributed by atoms with van der Waals surface area (Å²) >= 11 is 0. The molecule has 8 N–H and O–H groups in total. The maximum absolute atomic E-state index is 12.1. The van der Waals surface area contributed by atoms with Crippen molar-refractivity contribution in [2.24, 2.45) is 10.7 Å². The van der Waals surface area contributed by atoms with Gasteiger partial charge in [0.25, 0.3) is 5.91 Å². The van der Waals surface area contributed by atoms with E-state index in [1.54, 1.807) is 6.92 Å². The van der Waals surface area contributed by atoms with Crippen molar-refractivity contribution in [3.63, 3.8) is 0 Å². The molecule has 14 heteroatoms. The Bertz CT molecular complexity index is 715. The molecule has 0 saturated carbocycles. The molecule has 13 nitrogen and oxygen atoms in total. The summed E-state index contributed by atoms with van der Waals surface area (Å²) in [6, 6.07) is -1.26. The first-order chi connectivity index (χ1) is 12.5. The molecule has 3 rings (SSSR count). The van der Waals surface area contributed by atoms with Gasteiger partial charge < -0.3 is 30.9 Å². The minimum Gasteiger partial charge on any atom is -0.373 e. The minimum atomic E-state index is -4.49. The summed E-state index contributed by atoms with van der Waals surface area (Å²) in [6.45, 7) is 4.77. The van der Waals surface area contributed by atoms with Gasteiger partial charge in [-0.15, -0.1) is 0 Å². The van der Waals surface area contributed by atoms with E-state index in [-0.39, 0.29) is 18.1 Å². The van der Waals surface area contributed by atoms with Crippen LogP contribution >= 0.6 is 7.82 Å². The largest absolute Gasteiger partial charge is 0.472 e. The molecule has 0 aromatic carbocycles. The van der Waals surface area contributed by atoms with Gasteiger partial charge in [-0.1, -0.05) is 6.58 Å². The Hall–Kier alpha value is -1.57. The number of hydrogen-bond donors (Lipinski definition) is 7. The van der Waals surface area contributed by atoms with Gasteiger partial charge in [0.05, 0.1) is 18.3 Å². The Labute approximate surface area is 154 Å². The zero-order valence-electron chi connectivity index (χ0n) is 14.4. The van der Waals surface area contributed by atoms with Crippen molar-refractivity contribution >= 4 is 19.7 Å². The Morgan fingerprint density at radius 1 is 1.44 bits per heavy atom. The van der Waals surface area contributed by atoms with Crippen molar-refractivity contribution in [1.82, 2.24) is 16.0 Å². The van der Waals surface area contributed by atoms with E-state index in [4.69, 9.17) is 19.5 Å². The summed E-state index contributed by atoms with van der Waals surface area (Å²) in [7, 11) is -4.49. The fourth-order valence-corrected chi connectivity index (χ4v) is 4.07. The van der Waals surface area contributed by atoms with Gasteiger partial charge in [-0.25, -0.2) is 9.56 Å². The molecule has 27 heavy (non-hydrogen) atoms. The average molecular weight is 407 g/mol. The van der Waals surface area contributed by atoms with Gasteiger partial charge in [-0.3, -0.25) is 24.5 Å². The first kappa shape index (κ1) is 20.2. The van der Waals surface area contributed by atoms with Crippen LogP contribution in [0.2, 0.25) is 0 Å². The second kappa shape index (κ2) is 7.11. The highest BCUT2D eigenvalue weighted by Crippen LogP contribution is 2.51. The number of nitrogens with zero attached hydrogens (tertiary/aromatic N) is 1. The fraction of sp³-hybridized carbons (Fsp3) is 0.692. The predicted molar refractivity (Wildman–Crippen MR) is 89.5 cm³/mol. The first-order valence-electron chi connectivity index (χ1n) is 8.10. The van der Waals surface area contributed by atoms with Gasteiger partial charge in [0.1, 0.15) is 18.5 Å². The number of hydrogen-bond acceptors (Lipinski definition) is 11. The highest BCUT2D eigenvalue weighted by molar-refractivity contribution is 7.47. The van der Waals surface area contributed by atoms with Crippen molar-refractivity contribution in [3.05, 3.63) is 12.3 Å². The summed E-state index contributed by atoms with van der Waals surface area (Å²) in [6.07, 6.45) is -4.22.